The summed E-state index contributed by atoms with van der Waals surface area (Å²) >= 11 is 1.38. The number of rotatable bonds is 2. The number of aryl methyl sites for hydroxylation is 1. The minimum Gasteiger partial charge on any atom is -0.367 e. The third-order valence-electron chi connectivity index (χ3n) is 3.20. The van der Waals surface area contributed by atoms with Crippen LogP contribution in [0.2, 0.25) is 0 Å². The van der Waals surface area contributed by atoms with Crippen LogP contribution in [-0.2, 0) is 4.74 Å². The van der Waals surface area contributed by atoms with Crippen LogP contribution >= 0.6 is 11.3 Å². The molecule has 2 aromatic rings. The molecule has 1 N–H and O–H groups in total. The Labute approximate surface area is 124 Å². The van der Waals surface area contributed by atoms with E-state index in [1.54, 1.807) is 22.7 Å². The summed E-state index contributed by atoms with van der Waals surface area (Å²) in [6, 6.07) is 1.42. The minimum atomic E-state index is -0.422. The second-order valence-electron chi connectivity index (χ2n) is 4.76. The second-order valence-corrected chi connectivity index (χ2v) is 5.47. The van der Waals surface area contributed by atoms with Crippen LogP contribution in [0.5, 0.6) is 0 Å². The van der Waals surface area contributed by atoms with Crippen LogP contribution in [0.1, 0.15) is 28.1 Å². The molecule has 1 amide bonds. The van der Waals surface area contributed by atoms with Crippen molar-refractivity contribution in [3.63, 3.8) is 0 Å². The molecule has 1 atom stereocenters. The van der Waals surface area contributed by atoms with E-state index in [0.717, 1.165) is 0 Å². The highest BCUT2D eigenvalue weighted by Crippen LogP contribution is 2.20. The van der Waals surface area contributed by atoms with Crippen LogP contribution in [0, 0.1) is 6.92 Å². The van der Waals surface area contributed by atoms with Crippen LogP contribution in [-0.4, -0.2) is 45.5 Å². The topological polar surface area (TPSA) is 88.2 Å². The highest BCUT2D eigenvalue weighted by atomic mass is 32.1. The van der Waals surface area contributed by atoms with E-state index in [9.17, 15) is 9.59 Å². The number of carbonyl (C=O) groups excluding carboxylic acids is 1. The number of nitrogens with zero attached hydrogens (tertiary/aromatic N) is 3. The van der Waals surface area contributed by atoms with Crippen LogP contribution in [0.4, 0.5) is 0 Å². The first-order chi connectivity index (χ1) is 10.1. The average Bonchev–Trinajstić information content (AvgIpc) is 3.00. The van der Waals surface area contributed by atoms with Crippen molar-refractivity contribution < 1.29 is 9.53 Å². The molecule has 3 rings (SSSR count). The summed E-state index contributed by atoms with van der Waals surface area (Å²) in [4.78, 5) is 36.5. The maximum atomic E-state index is 12.3. The molecule has 1 saturated heterocycles. The lowest BCUT2D eigenvalue weighted by molar-refractivity contribution is -0.0271. The standard InChI is InChI=1S/C13H14N4O3S/c1-8-4-11(18)16-12(15-8)10-5-17(2-3-20-10)13(19)9-6-21-7-14-9/h4,6-7,10H,2-3,5H2,1H3,(H,15,16,18)/t10-/m0/s1. The van der Waals surface area contributed by atoms with Gasteiger partial charge in [-0.3, -0.25) is 9.59 Å². The van der Waals surface area contributed by atoms with Crippen molar-refractivity contribution in [2.75, 3.05) is 19.7 Å². The van der Waals surface area contributed by atoms with Gasteiger partial charge in [0.05, 0.1) is 18.7 Å². The first-order valence-electron chi connectivity index (χ1n) is 6.50. The van der Waals surface area contributed by atoms with Gasteiger partial charge >= 0.3 is 0 Å². The normalized spacial score (nSPS) is 18.7. The van der Waals surface area contributed by atoms with Gasteiger partial charge < -0.3 is 14.6 Å². The van der Waals surface area contributed by atoms with Crippen LogP contribution < -0.4 is 5.56 Å². The number of hydrogen-bond acceptors (Lipinski definition) is 6. The lowest BCUT2D eigenvalue weighted by Crippen LogP contribution is -2.43. The molecule has 1 fully saturated rings. The highest BCUT2D eigenvalue weighted by molar-refractivity contribution is 7.07. The van der Waals surface area contributed by atoms with Crippen molar-refractivity contribution in [2.24, 2.45) is 0 Å². The molecule has 1 aliphatic heterocycles. The molecule has 7 nitrogen and oxygen atoms in total. The molecular weight excluding hydrogens is 292 g/mol. The number of nitrogens with one attached hydrogen (secondary N) is 1. The Kier molecular flexibility index (Phi) is 3.80. The summed E-state index contributed by atoms with van der Waals surface area (Å²) < 4.78 is 5.63. The van der Waals surface area contributed by atoms with Gasteiger partial charge in [0.2, 0.25) is 0 Å². The van der Waals surface area contributed by atoms with Gasteiger partial charge in [-0.25, -0.2) is 9.97 Å². The van der Waals surface area contributed by atoms with E-state index < -0.39 is 6.10 Å². The molecule has 0 aliphatic carbocycles. The van der Waals surface area contributed by atoms with E-state index in [4.69, 9.17) is 4.74 Å². The zero-order valence-electron chi connectivity index (χ0n) is 11.4. The number of aromatic nitrogens is 3. The molecule has 2 aromatic heterocycles. The van der Waals surface area contributed by atoms with Gasteiger partial charge in [-0.15, -0.1) is 11.3 Å². The SMILES string of the molecule is Cc1cc(=O)[nH]c([C@@H]2CN(C(=O)c3cscn3)CCO2)n1. The molecular formula is C13H14N4O3S. The van der Waals surface area contributed by atoms with Crippen molar-refractivity contribution >= 4 is 17.2 Å². The molecule has 1 aliphatic rings. The van der Waals surface area contributed by atoms with Crippen molar-refractivity contribution in [3.05, 3.63) is 44.5 Å². The zero-order chi connectivity index (χ0) is 14.8. The van der Waals surface area contributed by atoms with Gasteiger partial charge in [0.1, 0.15) is 17.6 Å². The van der Waals surface area contributed by atoms with Crippen molar-refractivity contribution in [1.82, 2.24) is 19.9 Å². The lowest BCUT2D eigenvalue weighted by Gasteiger charge is -2.32. The predicted octanol–water partition coefficient (Wildman–Crippen LogP) is 0.749. The van der Waals surface area contributed by atoms with Crippen LogP contribution in [0.3, 0.4) is 0 Å². The Morgan fingerprint density at radius 1 is 1.57 bits per heavy atom. The summed E-state index contributed by atoms with van der Waals surface area (Å²) in [5, 5.41) is 1.72. The van der Waals surface area contributed by atoms with Crippen molar-refractivity contribution in [2.45, 2.75) is 13.0 Å². The van der Waals surface area contributed by atoms with Gasteiger partial charge in [-0.2, -0.15) is 0 Å². The highest BCUT2D eigenvalue weighted by Gasteiger charge is 2.28. The molecule has 110 valence electrons. The molecule has 0 aromatic carbocycles. The fourth-order valence-electron chi connectivity index (χ4n) is 2.23. The van der Waals surface area contributed by atoms with Gasteiger partial charge in [-0.05, 0) is 6.92 Å². The Balaban J connectivity index is 1.79. The third kappa shape index (κ3) is 3.01. The summed E-state index contributed by atoms with van der Waals surface area (Å²) in [5.41, 5.74) is 2.47. The molecule has 0 bridgehead atoms. The molecule has 0 saturated carbocycles. The number of carbonyl (C=O) groups is 1. The van der Waals surface area contributed by atoms with Gasteiger partial charge in [0, 0.05) is 23.7 Å². The first kappa shape index (κ1) is 13.9. The number of amides is 1. The molecule has 8 heteroatoms. The Morgan fingerprint density at radius 2 is 2.43 bits per heavy atom. The summed E-state index contributed by atoms with van der Waals surface area (Å²) in [7, 11) is 0. The number of H-pyrrole nitrogens is 1. The zero-order valence-corrected chi connectivity index (χ0v) is 12.2. The monoisotopic (exact) mass is 306 g/mol. The number of aromatic amines is 1. The fraction of sp³-hybridized carbons (Fsp3) is 0.385. The third-order valence-corrected chi connectivity index (χ3v) is 3.78. The number of morpholine rings is 1. The van der Waals surface area contributed by atoms with Gasteiger partial charge in [0.15, 0.2) is 0 Å². The predicted molar refractivity (Wildman–Crippen MR) is 76.3 cm³/mol. The number of ether oxygens (including phenoxy) is 1. The largest absolute Gasteiger partial charge is 0.367 e. The maximum absolute atomic E-state index is 12.3. The molecule has 0 unspecified atom stereocenters. The molecule has 3 heterocycles. The van der Waals surface area contributed by atoms with Crippen molar-refractivity contribution in [3.8, 4) is 0 Å². The summed E-state index contributed by atoms with van der Waals surface area (Å²) in [6.07, 6.45) is -0.422. The number of thiazole rings is 1. The quantitative estimate of drug-likeness (QED) is 0.884. The van der Waals surface area contributed by atoms with E-state index in [0.29, 0.717) is 36.9 Å². The van der Waals surface area contributed by atoms with E-state index in [2.05, 4.69) is 15.0 Å². The summed E-state index contributed by atoms with van der Waals surface area (Å²) in [5.74, 6) is 0.329. The molecule has 0 spiro atoms. The summed E-state index contributed by atoms with van der Waals surface area (Å²) in [6.45, 7) is 3.00. The van der Waals surface area contributed by atoms with Gasteiger partial charge in [0.25, 0.3) is 11.5 Å². The van der Waals surface area contributed by atoms with Gasteiger partial charge in [-0.1, -0.05) is 0 Å². The van der Waals surface area contributed by atoms with E-state index in [1.165, 1.54) is 17.4 Å². The van der Waals surface area contributed by atoms with E-state index in [-0.39, 0.29) is 11.5 Å². The van der Waals surface area contributed by atoms with Crippen molar-refractivity contribution in [1.29, 1.82) is 0 Å². The Bertz CT molecular complexity index is 698. The lowest BCUT2D eigenvalue weighted by atomic mass is 10.2. The second kappa shape index (κ2) is 5.74. The van der Waals surface area contributed by atoms with Crippen LogP contribution in [0.15, 0.2) is 21.8 Å². The Morgan fingerprint density at radius 3 is 3.14 bits per heavy atom. The average molecular weight is 306 g/mol. The van der Waals surface area contributed by atoms with Crippen LogP contribution in [0.25, 0.3) is 0 Å². The fourth-order valence-corrected chi connectivity index (χ4v) is 2.76. The minimum absolute atomic E-state index is 0.125. The smallest absolute Gasteiger partial charge is 0.273 e. The molecule has 21 heavy (non-hydrogen) atoms. The number of hydrogen-bond donors (Lipinski definition) is 1. The van der Waals surface area contributed by atoms with E-state index in [1.807, 2.05) is 0 Å². The first-order valence-corrected chi connectivity index (χ1v) is 7.44. The molecule has 0 radical (unpaired) electrons. The maximum Gasteiger partial charge on any atom is 0.273 e. The van der Waals surface area contributed by atoms with E-state index >= 15 is 0 Å². The Hall–Kier alpha value is -2.06.